The molecule has 0 saturated heterocycles. The normalized spacial score (nSPS) is 16.5. The van der Waals surface area contributed by atoms with Crippen LogP contribution >= 0.6 is 23.2 Å². The molecule has 3 amide bonds. The van der Waals surface area contributed by atoms with E-state index in [4.69, 9.17) is 23.2 Å². The van der Waals surface area contributed by atoms with Crippen molar-refractivity contribution in [3.8, 4) is 0 Å². The van der Waals surface area contributed by atoms with Gasteiger partial charge in [0.05, 0.1) is 10.7 Å². The fraction of sp³-hybridized carbons (Fsp3) is 0.286. The molecule has 0 unspecified atom stereocenters. The number of halogens is 2. The molecule has 2 aromatic carbocycles. The summed E-state index contributed by atoms with van der Waals surface area (Å²) in [6.45, 7) is 6.73. The molecule has 1 heterocycles. The smallest absolute Gasteiger partial charge is 0.319 e. The Morgan fingerprint density at radius 2 is 1.89 bits per heavy atom. The molecule has 0 aromatic heterocycles. The van der Waals surface area contributed by atoms with Gasteiger partial charge in [-0.05, 0) is 61.1 Å². The first-order valence-corrected chi connectivity index (χ1v) is 12.6. The number of carbonyl (C=O) groups excluding carboxylic acids is 2. The number of para-hydroxylation sites is 1. The molecule has 2 aromatic rings. The van der Waals surface area contributed by atoms with Crippen LogP contribution in [0.15, 0.2) is 78.5 Å². The molecule has 35 heavy (non-hydrogen) atoms. The zero-order valence-electron chi connectivity index (χ0n) is 19.9. The molecule has 1 aliphatic rings. The maximum atomic E-state index is 13.5. The predicted molar refractivity (Wildman–Crippen MR) is 145 cm³/mol. The van der Waals surface area contributed by atoms with Crippen LogP contribution in [-0.2, 0) is 6.54 Å². The Morgan fingerprint density at radius 1 is 1.09 bits per heavy atom. The third-order valence-electron chi connectivity index (χ3n) is 5.90. The molecule has 0 saturated carbocycles. The lowest BCUT2D eigenvalue weighted by Gasteiger charge is -2.29. The molecule has 184 valence electrons. The molecule has 7 heteroatoms. The van der Waals surface area contributed by atoms with Gasteiger partial charge in [-0.2, -0.15) is 0 Å². The summed E-state index contributed by atoms with van der Waals surface area (Å²) >= 11 is 12.6. The van der Waals surface area contributed by atoms with E-state index in [1.165, 1.54) is 5.57 Å². The third-order valence-corrected chi connectivity index (χ3v) is 6.58. The van der Waals surface area contributed by atoms with Crippen LogP contribution in [0.1, 0.15) is 54.9 Å². The van der Waals surface area contributed by atoms with Gasteiger partial charge < -0.3 is 15.5 Å². The Bertz CT molecular complexity index is 1140. The van der Waals surface area contributed by atoms with Gasteiger partial charge in [-0.1, -0.05) is 79.6 Å². The van der Waals surface area contributed by atoms with Crippen LogP contribution < -0.4 is 10.6 Å². The highest BCUT2D eigenvalue weighted by molar-refractivity contribution is 6.33. The van der Waals surface area contributed by atoms with E-state index in [1.807, 2.05) is 11.0 Å². The van der Waals surface area contributed by atoms with Crippen molar-refractivity contribution in [2.24, 2.45) is 0 Å². The van der Waals surface area contributed by atoms with E-state index in [0.717, 1.165) is 37.8 Å². The van der Waals surface area contributed by atoms with Gasteiger partial charge in [-0.15, -0.1) is 0 Å². The number of carbonyl (C=O) groups is 2. The van der Waals surface area contributed by atoms with Gasteiger partial charge in [0.25, 0.3) is 5.91 Å². The number of hydrogen-bond acceptors (Lipinski definition) is 2. The molecular weight excluding hydrogens is 481 g/mol. The molecule has 5 nitrogen and oxygen atoms in total. The maximum Gasteiger partial charge on any atom is 0.319 e. The average molecular weight is 512 g/mol. The molecule has 2 N–H and O–H groups in total. The Morgan fingerprint density at radius 3 is 2.60 bits per heavy atom. The summed E-state index contributed by atoms with van der Waals surface area (Å²) in [5.74, 6) is -0.0638. The second-order valence-corrected chi connectivity index (χ2v) is 9.10. The largest absolute Gasteiger partial charge is 0.334 e. The Kier molecular flexibility index (Phi) is 10.0. The van der Waals surface area contributed by atoms with Crippen molar-refractivity contribution >= 4 is 40.8 Å². The Balaban J connectivity index is 1.73. The number of hydrogen-bond donors (Lipinski definition) is 2. The molecule has 0 atom stereocenters. The number of nitrogens with one attached hydrogen (secondary N) is 2. The standard InChI is InChI=1S/C28H31Cl2N3O2/c1-3-5-11-20-12-7-6-10-17-33(26(20)4-2)27(34)21-15-16-22(24(30)18-21)19-31-28(35)32-25-14-9-8-13-23(25)29/h3,5,8-9,11,13-16,18H,1,4,6-7,10,12,17,19H2,2H3,(H2,31,32,35)/b11-5-,26-20-. The molecule has 1 aliphatic heterocycles. The first-order valence-electron chi connectivity index (χ1n) is 11.8. The van der Waals surface area contributed by atoms with E-state index in [2.05, 4.69) is 30.2 Å². The molecule has 0 fully saturated rings. The summed E-state index contributed by atoms with van der Waals surface area (Å²) in [5, 5.41) is 6.36. The minimum absolute atomic E-state index is 0.0638. The molecular formula is C28H31Cl2N3O2. The third kappa shape index (κ3) is 7.23. The van der Waals surface area contributed by atoms with Crippen molar-refractivity contribution in [1.29, 1.82) is 0 Å². The molecule has 0 radical (unpaired) electrons. The number of benzene rings is 2. The zero-order valence-corrected chi connectivity index (χ0v) is 21.5. The van der Waals surface area contributed by atoms with Crippen molar-refractivity contribution in [2.75, 3.05) is 11.9 Å². The second kappa shape index (κ2) is 13.2. The van der Waals surface area contributed by atoms with E-state index in [1.54, 1.807) is 48.5 Å². The molecule has 0 spiro atoms. The van der Waals surface area contributed by atoms with Crippen LogP contribution in [0.3, 0.4) is 0 Å². The van der Waals surface area contributed by atoms with Gasteiger partial charge in [0.1, 0.15) is 0 Å². The van der Waals surface area contributed by atoms with Crippen LogP contribution in [0, 0.1) is 0 Å². The van der Waals surface area contributed by atoms with Gasteiger partial charge in [0.2, 0.25) is 0 Å². The first-order chi connectivity index (χ1) is 16.9. The Labute approximate surface area is 217 Å². The van der Waals surface area contributed by atoms with Gasteiger partial charge in [-0.25, -0.2) is 4.79 Å². The van der Waals surface area contributed by atoms with Crippen LogP contribution in [0.25, 0.3) is 0 Å². The van der Waals surface area contributed by atoms with Gasteiger partial charge in [0.15, 0.2) is 0 Å². The highest BCUT2D eigenvalue weighted by Gasteiger charge is 2.23. The van der Waals surface area contributed by atoms with Gasteiger partial charge >= 0.3 is 6.03 Å². The second-order valence-electron chi connectivity index (χ2n) is 8.28. The summed E-state index contributed by atoms with van der Waals surface area (Å²) < 4.78 is 0. The van der Waals surface area contributed by atoms with Crippen molar-refractivity contribution in [3.63, 3.8) is 0 Å². The van der Waals surface area contributed by atoms with E-state index in [9.17, 15) is 9.59 Å². The number of rotatable bonds is 7. The molecule has 3 rings (SSSR count). The predicted octanol–water partition coefficient (Wildman–Crippen LogP) is 7.74. The van der Waals surface area contributed by atoms with Crippen molar-refractivity contribution in [2.45, 2.75) is 45.6 Å². The van der Waals surface area contributed by atoms with Crippen molar-refractivity contribution in [1.82, 2.24) is 10.2 Å². The van der Waals surface area contributed by atoms with Crippen molar-refractivity contribution in [3.05, 3.63) is 99.7 Å². The van der Waals surface area contributed by atoms with Crippen LogP contribution in [0.4, 0.5) is 10.5 Å². The maximum absolute atomic E-state index is 13.5. The van der Waals surface area contributed by atoms with E-state index >= 15 is 0 Å². The van der Waals surface area contributed by atoms with E-state index in [-0.39, 0.29) is 12.5 Å². The summed E-state index contributed by atoms with van der Waals surface area (Å²) in [5.41, 5.74) is 3.99. The molecule has 0 bridgehead atoms. The zero-order chi connectivity index (χ0) is 25.2. The van der Waals surface area contributed by atoms with Crippen LogP contribution in [-0.4, -0.2) is 23.4 Å². The fourth-order valence-corrected chi connectivity index (χ4v) is 4.53. The fourth-order valence-electron chi connectivity index (χ4n) is 4.10. The monoisotopic (exact) mass is 511 g/mol. The number of amides is 3. The summed E-state index contributed by atoms with van der Waals surface area (Å²) in [6.07, 6.45) is 10.6. The number of nitrogens with zero attached hydrogens (tertiary/aromatic N) is 1. The number of anilines is 1. The van der Waals surface area contributed by atoms with Gasteiger partial charge in [0, 0.05) is 29.4 Å². The number of allylic oxidation sites excluding steroid dienone is 5. The summed E-state index contributed by atoms with van der Waals surface area (Å²) in [7, 11) is 0. The SMILES string of the molecule is C=C/C=C\C1=C(/CC)N(C(=O)c2ccc(CNC(=O)Nc3ccccc3Cl)c(Cl)c2)CCCCC1. The lowest BCUT2D eigenvalue weighted by molar-refractivity contribution is 0.0795. The lowest BCUT2D eigenvalue weighted by atomic mass is 9.98. The minimum atomic E-state index is -0.396. The molecule has 0 aliphatic carbocycles. The van der Waals surface area contributed by atoms with Crippen molar-refractivity contribution < 1.29 is 9.59 Å². The van der Waals surface area contributed by atoms with E-state index in [0.29, 0.717) is 33.4 Å². The first kappa shape index (κ1) is 26.6. The highest BCUT2D eigenvalue weighted by Crippen LogP contribution is 2.28. The summed E-state index contributed by atoms with van der Waals surface area (Å²) in [6, 6.07) is 11.8. The van der Waals surface area contributed by atoms with Gasteiger partial charge in [-0.3, -0.25) is 4.79 Å². The quantitative estimate of drug-likeness (QED) is 0.373. The van der Waals surface area contributed by atoms with E-state index < -0.39 is 6.03 Å². The minimum Gasteiger partial charge on any atom is -0.334 e. The number of urea groups is 1. The van der Waals surface area contributed by atoms with Crippen LogP contribution in [0.2, 0.25) is 10.0 Å². The van der Waals surface area contributed by atoms with Crippen LogP contribution in [0.5, 0.6) is 0 Å². The topological polar surface area (TPSA) is 61.4 Å². The highest BCUT2D eigenvalue weighted by atomic mass is 35.5. The lowest BCUT2D eigenvalue weighted by Crippen LogP contribution is -2.33. The average Bonchev–Trinajstić information content (AvgIpc) is 2.84. The Hall–Kier alpha value is -3.02. The summed E-state index contributed by atoms with van der Waals surface area (Å²) in [4.78, 5) is 27.7.